The number of anilines is 1. The summed E-state index contributed by atoms with van der Waals surface area (Å²) in [5, 5.41) is 2.85. The van der Waals surface area contributed by atoms with Gasteiger partial charge in [0, 0.05) is 17.1 Å². The fourth-order valence-electron chi connectivity index (χ4n) is 3.85. The first kappa shape index (κ1) is 29.4. The number of benzene rings is 3. The topological polar surface area (TPSA) is 86.8 Å². The number of carbonyl (C=O) groups is 2. The van der Waals surface area contributed by atoms with Crippen LogP contribution in [0.25, 0.3) is 0 Å². The van der Waals surface area contributed by atoms with Gasteiger partial charge in [0.25, 0.3) is 10.0 Å². The lowest BCUT2D eigenvalue weighted by atomic mass is 10.1. The molecule has 0 bridgehead atoms. The molecule has 0 saturated heterocycles. The largest absolute Gasteiger partial charge is 0.352 e. The van der Waals surface area contributed by atoms with Gasteiger partial charge in [-0.1, -0.05) is 63.5 Å². The third-order valence-electron chi connectivity index (χ3n) is 6.07. The number of hydrogen-bond donors (Lipinski definition) is 1. The van der Waals surface area contributed by atoms with Gasteiger partial charge >= 0.3 is 0 Å². The molecule has 0 saturated carbocycles. The Morgan fingerprint density at radius 1 is 0.842 bits per heavy atom. The van der Waals surface area contributed by atoms with Crippen LogP contribution in [-0.4, -0.2) is 43.8 Å². The van der Waals surface area contributed by atoms with Crippen molar-refractivity contribution in [2.75, 3.05) is 10.8 Å². The number of hydrogen-bond acceptors (Lipinski definition) is 4. The van der Waals surface area contributed by atoms with Gasteiger partial charge in [-0.25, -0.2) is 8.42 Å². The van der Waals surface area contributed by atoms with Gasteiger partial charge in [0.2, 0.25) is 11.8 Å². The van der Waals surface area contributed by atoms with Crippen LogP contribution in [0.2, 0.25) is 0 Å². The van der Waals surface area contributed by atoms with E-state index in [2.05, 4.69) is 21.2 Å². The van der Waals surface area contributed by atoms with Crippen molar-refractivity contribution in [3.63, 3.8) is 0 Å². The van der Waals surface area contributed by atoms with Gasteiger partial charge < -0.3 is 10.2 Å². The van der Waals surface area contributed by atoms with Crippen LogP contribution in [0.1, 0.15) is 37.5 Å². The zero-order valence-electron chi connectivity index (χ0n) is 22.3. The maximum absolute atomic E-state index is 13.9. The van der Waals surface area contributed by atoms with Crippen LogP contribution in [0.15, 0.2) is 82.2 Å². The second-order valence-electron chi connectivity index (χ2n) is 9.65. The van der Waals surface area contributed by atoms with Crippen LogP contribution in [0, 0.1) is 13.8 Å². The van der Waals surface area contributed by atoms with E-state index in [-0.39, 0.29) is 23.4 Å². The highest BCUT2D eigenvalue weighted by Gasteiger charge is 2.32. The lowest BCUT2D eigenvalue weighted by Gasteiger charge is -2.32. The SMILES string of the molecule is Cc1ccc(N(CC(=O)N(Cc2ccc(Br)cc2)[C@H](C)C(=O)NC(C)C)S(=O)(=O)c2ccc(C)cc2)cc1. The highest BCUT2D eigenvalue weighted by molar-refractivity contribution is 9.10. The number of amides is 2. The lowest BCUT2D eigenvalue weighted by molar-refractivity contribution is -0.139. The molecule has 3 aromatic rings. The Labute approximate surface area is 234 Å². The molecule has 2 amide bonds. The van der Waals surface area contributed by atoms with Crippen LogP contribution >= 0.6 is 15.9 Å². The highest BCUT2D eigenvalue weighted by atomic mass is 79.9. The molecular formula is C29H34BrN3O4S. The monoisotopic (exact) mass is 599 g/mol. The summed E-state index contributed by atoms with van der Waals surface area (Å²) in [4.78, 5) is 28.3. The van der Waals surface area contributed by atoms with Crippen molar-refractivity contribution in [2.24, 2.45) is 0 Å². The van der Waals surface area contributed by atoms with E-state index in [0.717, 1.165) is 25.5 Å². The van der Waals surface area contributed by atoms with Gasteiger partial charge in [-0.15, -0.1) is 0 Å². The predicted octanol–water partition coefficient (Wildman–Crippen LogP) is 5.20. The fraction of sp³-hybridized carbons (Fsp3) is 0.310. The predicted molar refractivity (Wildman–Crippen MR) is 154 cm³/mol. The van der Waals surface area contributed by atoms with Crippen molar-refractivity contribution >= 4 is 43.5 Å². The van der Waals surface area contributed by atoms with Gasteiger partial charge in [-0.3, -0.25) is 13.9 Å². The second-order valence-corrected chi connectivity index (χ2v) is 12.4. The third kappa shape index (κ3) is 7.45. The Bertz CT molecular complexity index is 1360. The quantitative estimate of drug-likeness (QED) is 0.347. The molecule has 0 spiro atoms. The van der Waals surface area contributed by atoms with Gasteiger partial charge in [0.15, 0.2) is 0 Å². The maximum atomic E-state index is 13.9. The molecular weight excluding hydrogens is 566 g/mol. The first-order chi connectivity index (χ1) is 17.9. The fourth-order valence-corrected chi connectivity index (χ4v) is 5.53. The minimum atomic E-state index is -4.08. The summed E-state index contributed by atoms with van der Waals surface area (Å²) < 4.78 is 29.6. The Hall–Kier alpha value is -3.17. The Morgan fingerprint density at radius 3 is 1.89 bits per heavy atom. The zero-order chi connectivity index (χ0) is 28.0. The van der Waals surface area contributed by atoms with E-state index in [1.54, 1.807) is 43.3 Å². The van der Waals surface area contributed by atoms with Crippen molar-refractivity contribution in [2.45, 2.75) is 58.1 Å². The molecule has 202 valence electrons. The number of aryl methyl sites for hydroxylation is 2. The molecule has 3 rings (SSSR count). The normalized spacial score (nSPS) is 12.2. The van der Waals surface area contributed by atoms with E-state index >= 15 is 0 Å². The number of halogens is 1. The molecule has 0 radical (unpaired) electrons. The van der Waals surface area contributed by atoms with Crippen LogP contribution in [0.4, 0.5) is 5.69 Å². The van der Waals surface area contributed by atoms with Gasteiger partial charge in [0.1, 0.15) is 12.6 Å². The number of sulfonamides is 1. The van der Waals surface area contributed by atoms with Crippen molar-refractivity contribution in [1.82, 2.24) is 10.2 Å². The summed E-state index contributed by atoms with van der Waals surface area (Å²) in [6.07, 6.45) is 0. The molecule has 38 heavy (non-hydrogen) atoms. The number of nitrogens with zero attached hydrogens (tertiary/aromatic N) is 2. The Kier molecular flexibility index (Phi) is 9.73. The summed E-state index contributed by atoms with van der Waals surface area (Å²) in [5.41, 5.74) is 3.07. The van der Waals surface area contributed by atoms with Crippen molar-refractivity contribution in [3.8, 4) is 0 Å². The summed E-state index contributed by atoms with van der Waals surface area (Å²) >= 11 is 3.41. The summed E-state index contributed by atoms with van der Waals surface area (Å²) in [6.45, 7) is 8.81. The summed E-state index contributed by atoms with van der Waals surface area (Å²) in [5.74, 6) is -0.802. The molecule has 3 aromatic carbocycles. The number of rotatable bonds is 10. The van der Waals surface area contributed by atoms with Gasteiger partial charge in [-0.2, -0.15) is 0 Å². The Morgan fingerprint density at radius 2 is 1.37 bits per heavy atom. The zero-order valence-corrected chi connectivity index (χ0v) is 24.7. The average molecular weight is 601 g/mol. The minimum Gasteiger partial charge on any atom is -0.352 e. The standard InChI is InChI=1S/C29H34BrN3O4S/c1-20(2)31-29(35)23(5)32(18-24-10-12-25(30)13-11-24)28(34)19-33(26-14-6-21(3)7-15-26)38(36,37)27-16-8-22(4)9-17-27/h6-17,20,23H,18-19H2,1-5H3,(H,31,35)/t23-/m1/s1. The molecule has 0 aliphatic carbocycles. The van der Waals surface area contributed by atoms with E-state index in [0.29, 0.717) is 5.69 Å². The second kappa shape index (κ2) is 12.6. The summed E-state index contributed by atoms with van der Waals surface area (Å²) in [7, 11) is -4.08. The maximum Gasteiger partial charge on any atom is 0.264 e. The van der Waals surface area contributed by atoms with E-state index in [1.807, 2.05) is 52.0 Å². The summed E-state index contributed by atoms with van der Waals surface area (Å²) in [6, 6.07) is 20.0. The molecule has 7 nitrogen and oxygen atoms in total. The molecule has 0 aliphatic heterocycles. The van der Waals surface area contributed by atoms with Crippen molar-refractivity contribution in [1.29, 1.82) is 0 Å². The molecule has 0 aromatic heterocycles. The average Bonchev–Trinajstić information content (AvgIpc) is 2.87. The van der Waals surface area contributed by atoms with Gasteiger partial charge in [0.05, 0.1) is 10.6 Å². The van der Waals surface area contributed by atoms with Crippen LogP contribution in [0.3, 0.4) is 0 Å². The van der Waals surface area contributed by atoms with Crippen LogP contribution in [-0.2, 0) is 26.2 Å². The number of carbonyl (C=O) groups excluding carboxylic acids is 2. The van der Waals surface area contributed by atoms with Gasteiger partial charge in [-0.05, 0) is 76.6 Å². The molecule has 0 fully saturated rings. The van der Waals surface area contributed by atoms with E-state index in [9.17, 15) is 18.0 Å². The lowest BCUT2D eigenvalue weighted by Crippen LogP contribution is -2.52. The Balaban J connectivity index is 2.02. The minimum absolute atomic E-state index is 0.0848. The smallest absolute Gasteiger partial charge is 0.264 e. The highest BCUT2D eigenvalue weighted by Crippen LogP contribution is 2.25. The van der Waals surface area contributed by atoms with Crippen LogP contribution < -0.4 is 9.62 Å². The molecule has 0 heterocycles. The molecule has 9 heteroatoms. The third-order valence-corrected chi connectivity index (χ3v) is 8.39. The van der Waals surface area contributed by atoms with Crippen LogP contribution in [0.5, 0.6) is 0 Å². The molecule has 1 atom stereocenters. The van der Waals surface area contributed by atoms with Crippen molar-refractivity contribution in [3.05, 3.63) is 94.0 Å². The van der Waals surface area contributed by atoms with E-state index in [4.69, 9.17) is 0 Å². The first-order valence-electron chi connectivity index (χ1n) is 12.4. The van der Waals surface area contributed by atoms with E-state index < -0.39 is 28.5 Å². The molecule has 0 aliphatic rings. The molecule has 0 unspecified atom stereocenters. The first-order valence-corrected chi connectivity index (χ1v) is 14.6. The van der Waals surface area contributed by atoms with E-state index in [1.165, 1.54) is 17.0 Å². The number of nitrogens with one attached hydrogen (secondary N) is 1. The molecule has 1 N–H and O–H groups in total. The van der Waals surface area contributed by atoms with Crippen molar-refractivity contribution < 1.29 is 18.0 Å².